The number of nitrogens with zero attached hydrogens (tertiary/aromatic N) is 1. The predicted octanol–water partition coefficient (Wildman–Crippen LogP) is 4.98. The van der Waals surface area contributed by atoms with E-state index in [0.717, 1.165) is 27.6 Å². The second kappa shape index (κ2) is 8.22. The van der Waals surface area contributed by atoms with Gasteiger partial charge < -0.3 is 5.32 Å². The van der Waals surface area contributed by atoms with Crippen LogP contribution in [-0.4, -0.2) is 11.5 Å². The third-order valence-corrected chi connectivity index (χ3v) is 5.07. The van der Waals surface area contributed by atoms with Gasteiger partial charge in [-0.25, -0.2) is 0 Å². The first-order valence-corrected chi connectivity index (χ1v) is 9.29. The van der Waals surface area contributed by atoms with Gasteiger partial charge in [0.05, 0.1) is 22.6 Å². The largest absolute Gasteiger partial charge is 0.353 e. The number of allylic oxidation sites excluding steroid dienone is 4. The second-order valence-electron chi connectivity index (χ2n) is 6.51. The van der Waals surface area contributed by atoms with Crippen LogP contribution in [0.5, 0.6) is 0 Å². The topological polar surface area (TPSA) is 52.9 Å². The van der Waals surface area contributed by atoms with E-state index in [4.69, 9.17) is 0 Å². The summed E-state index contributed by atoms with van der Waals surface area (Å²) in [6.45, 7) is 9.62. The predicted molar refractivity (Wildman–Crippen MR) is 105 cm³/mol. The molecule has 0 fully saturated rings. The Morgan fingerprint density at radius 3 is 2.60 bits per heavy atom. The second-order valence-corrected chi connectivity index (χ2v) is 7.54. The molecular formula is C21H24N2OS. The fraction of sp³-hybridized carbons (Fsp3) is 0.333. The van der Waals surface area contributed by atoms with E-state index in [1.807, 2.05) is 32.0 Å². The Kier molecular flexibility index (Phi) is 6.27. The van der Waals surface area contributed by atoms with Crippen molar-refractivity contribution in [3.63, 3.8) is 0 Å². The van der Waals surface area contributed by atoms with E-state index in [-0.39, 0.29) is 11.7 Å². The summed E-state index contributed by atoms with van der Waals surface area (Å²) in [4.78, 5) is 12.3. The maximum atomic E-state index is 12.3. The van der Waals surface area contributed by atoms with Crippen LogP contribution in [-0.2, 0) is 4.79 Å². The highest BCUT2D eigenvalue weighted by molar-refractivity contribution is 8.03. The first-order chi connectivity index (χ1) is 11.8. The molecule has 130 valence electrons. The monoisotopic (exact) mass is 352 g/mol. The van der Waals surface area contributed by atoms with Crippen LogP contribution >= 0.6 is 11.8 Å². The Morgan fingerprint density at radius 2 is 2.04 bits per heavy atom. The lowest BCUT2D eigenvalue weighted by Crippen LogP contribution is -2.27. The number of ketones is 1. The van der Waals surface area contributed by atoms with Crippen molar-refractivity contribution in [1.29, 1.82) is 5.26 Å². The van der Waals surface area contributed by atoms with Gasteiger partial charge in [-0.1, -0.05) is 41.5 Å². The van der Waals surface area contributed by atoms with Crippen molar-refractivity contribution < 1.29 is 4.79 Å². The lowest BCUT2D eigenvalue weighted by Gasteiger charge is -2.29. The molecule has 0 aromatic heterocycles. The molecule has 0 bridgehead atoms. The maximum absolute atomic E-state index is 12.3. The van der Waals surface area contributed by atoms with Crippen molar-refractivity contribution in [3.05, 3.63) is 68.9 Å². The lowest BCUT2D eigenvalue weighted by atomic mass is 9.80. The summed E-state index contributed by atoms with van der Waals surface area (Å²) in [5, 5.41) is 14.0. The van der Waals surface area contributed by atoms with Crippen LogP contribution in [0.2, 0.25) is 0 Å². The molecule has 1 atom stereocenters. The average Bonchev–Trinajstić information content (AvgIpc) is 2.53. The van der Waals surface area contributed by atoms with Crippen molar-refractivity contribution in [3.8, 4) is 6.07 Å². The molecule has 0 unspecified atom stereocenters. The number of carbonyl (C=O) groups excluding carboxylic acids is 1. The molecule has 1 aromatic carbocycles. The lowest BCUT2D eigenvalue weighted by molar-refractivity contribution is -0.113. The van der Waals surface area contributed by atoms with Crippen molar-refractivity contribution in [1.82, 2.24) is 5.32 Å². The molecule has 4 heteroatoms. The number of aryl methyl sites for hydroxylation is 1. The zero-order valence-corrected chi connectivity index (χ0v) is 16.3. The summed E-state index contributed by atoms with van der Waals surface area (Å²) in [6, 6.07) is 10.4. The molecule has 0 amide bonds. The van der Waals surface area contributed by atoms with Gasteiger partial charge in [-0.05, 0) is 40.2 Å². The first-order valence-electron chi connectivity index (χ1n) is 8.30. The van der Waals surface area contributed by atoms with Gasteiger partial charge >= 0.3 is 0 Å². The van der Waals surface area contributed by atoms with Gasteiger partial charge in [0.15, 0.2) is 5.78 Å². The van der Waals surface area contributed by atoms with Crippen LogP contribution in [0, 0.1) is 18.3 Å². The number of thioether (sulfide) groups is 1. The Hall–Kier alpha value is -2.25. The highest BCUT2D eigenvalue weighted by atomic mass is 32.2. The number of hydrogen-bond acceptors (Lipinski definition) is 4. The summed E-state index contributed by atoms with van der Waals surface area (Å²) >= 11 is 1.60. The summed E-state index contributed by atoms with van der Waals surface area (Å²) in [5.41, 5.74) is 5.48. The SMILES string of the molecule is CC(=O)C1=C(C)NC(SCC=C(C)C)=C(C#N)[C@@H]1c1cccc(C)c1. The van der Waals surface area contributed by atoms with Gasteiger partial charge in [0.25, 0.3) is 0 Å². The number of dihydropyridines is 1. The molecule has 1 aromatic rings. The third kappa shape index (κ3) is 4.43. The molecule has 2 rings (SSSR count). The minimum absolute atomic E-state index is 0.00222. The van der Waals surface area contributed by atoms with Crippen molar-refractivity contribution >= 4 is 17.5 Å². The Balaban J connectivity index is 2.55. The van der Waals surface area contributed by atoms with Gasteiger partial charge in [-0.2, -0.15) is 5.26 Å². The van der Waals surface area contributed by atoms with Crippen LogP contribution < -0.4 is 5.32 Å². The van der Waals surface area contributed by atoms with Crippen LogP contribution in [0.3, 0.4) is 0 Å². The summed E-state index contributed by atoms with van der Waals surface area (Å²) in [6.07, 6.45) is 2.13. The zero-order valence-electron chi connectivity index (χ0n) is 15.4. The molecule has 3 nitrogen and oxygen atoms in total. The summed E-state index contributed by atoms with van der Waals surface area (Å²) in [7, 11) is 0. The average molecular weight is 353 g/mol. The van der Waals surface area contributed by atoms with E-state index in [9.17, 15) is 10.1 Å². The Labute approximate surface area is 154 Å². The molecule has 0 saturated heterocycles. The Morgan fingerprint density at radius 1 is 1.32 bits per heavy atom. The molecule has 0 spiro atoms. The van der Waals surface area contributed by atoms with E-state index in [2.05, 4.69) is 37.4 Å². The van der Waals surface area contributed by atoms with E-state index in [1.165, 1.54) is 5.57 Å². The van der Waals surface area contributed by atoms with E-state index < -0.39 is 0 Å². The minimum atomic E-state index is -0.308. The molecule has 25 heavy (non-hydrogen) atoms. The van der Waals surface area contributed by atoms with Crippen molar-refractivity contribution in [2.45, 2.75) is 40.5 Å². The number of rotatable bonds is 5. The highest BCUT2D eigenvalue weighted by Crippen LogP contribution is 2.40. The molecule has 0 aliphatic carbocycles. The Bertz CT molecular complexity index is 821. The van der Waals surface area contributed by atoms with Crippen LogP contribution in [0.4, 0.5) is 0 Å². The standard InChI is InChI=1S/C21H24N2OS/c1-13(2)9-10-25-21-18(12-22)20(17-8-6-7-14(3)11-17)19(16(5)24)15(4)23-21/h6-9,11,20,23H,10H2,1-5H3/t20-/m0/s1. The van der Waals surface area contributed by atoms with E-state index in [1.54, 1.807) is 18.7 Å². The smallest absolute Gasteiger partial charge is 0.158 e. The number of Topliss-reactive ketones (excluding diaryl/α,β-unsaturated/α-hetero) is 1. The van der Waals surface area contributed by atoms with Crippen LogP contribution in [0.1, 0.15) is 44.7 Å². The fourth-order valence-corrected chi connectivity index (χ4v) is 4.10. The van der Waals surface area contributed by atoms with Crippen LogP contribution in [0.25, 0.3) is 0 Å². The number of nitrogens with one attached hydrogen (secondary N) is 1. The number of benzene rings is 1. The van der Waals surface area contributed by atoms with Gasteiger partial charge in [0, 0.05) is 17.0 Å². The van der Waals surface area contributed by atoms with E-state index >= 15 is 0 Å². The molecule has 1 aliphatic rings. The first kappa shape index (κ1) is 19.1. The van der Waals surface area contributed by atoms with Gasteiger partial charge in [-0.15, -0.1) is 11.8 Å². The number of nitriles is 1. The van der Waals surface area contributed by atoms with E-state index in [0.29, 0.717) is 11.1 Å². The van der Waals surface area contributed by atoms with Gasteiger partial charge in [0.2, 0.25) is 0 Å². The van der Waals surface area contributed by atoms with Gasteiger partial charge in [0.1, 0.15) is 0 Å². The molecule has 0 saturated carbocycles. The molecule has 1 aliphatic heterocycles. The number of carbonyl (C=O) groups is 1. The quantitative estimate of drug-likeness (QED) is 0.759. The van der Waals surface area contributed by atoms with Gasteiger partial charge in [-0.3, -0.25) is 4.79 Å². The maximum Gasteiger partial charge on any atom is 0.158 e. The molecule has 1 N–H and O–H groups in total. The van der Waals surface area contributed by atoms with Crippen molar-refractivity contribution in [2.24, 2.45) is 0 Å². The molecule has 1 heterocycles. The molecular weight excluding hydrogens is 328 g/mol. The van der Waals surface area contributed by atoms with Crippen molar-refractivity contribution in [2.75, 3.05) is 5.75 Å². The minimum Gasteiger partial charge on any atom is -0.353 e. The fourth-order valence-electron chi connectivity index (χ4n) is 2.97. The summed E-state index contributed by atoms with van der Waals surface area (Å²) < 4.78 is 0. The van der Waals surface area contributed by atoms with Crippen LogP contribution in [0.15, 0.2) is 57.8 Å². The summed E-state index contributed by atoms with van der Waals surface area (Å²) in [5.74, 6) is 0.481. The number of hydrogen-bond donors (Lipinski definition) is 1. The molecule has 0 radical (unpaired) electrons. The normalized spacial score (nSPS) is 17.0. The third-order valence-electron chi connectivity index (χ3n) is 4.12. The highest BCUT2D eigenvalue weighted by Gasteiger charge is 2.32. The zero-order chi connectivity index (χ0) is 18.6.